The summed E-state index contributed by atoms with van der Waals surface area (Å²) in [5.74, 6) is 0.520. The topological polar surface area (TPSA) is 20.3 Å². The highest BCUT2D eigenvalue weighted by molar-refractivity contribution is 6.18. The predicted octanol–water partition coefficient (Wildman–Crippen LogP) is 0.704. The van der Waals surface area contributed by atoms with Gasteiger partial charge in [-0.25, -0.2) is 0 Å². The minimum atomic E-state index is 0.520. The van der Waals surface area contributed by atoms with Gasteiger partial charge in [-0.05, 0) is 6.92 Å². The van der Waals surface area contributed by atoms with E-state index in [0.717, 1.165) is 13.0 Å². The van der Waals surface area contributed by atoms with Crippen molar-refractivity contribution in [3.8, 4) is 0 Å². The lowest BCUT2D eigenvalue weighted by Crippen LogP contribution is -2.23. The average molecular weight is 136 g/mol. The third-order valence-corrected chi connectivity index (χ3v) is 1.10. The summed E-state index contributed by atoms with van der Waals surface area (Å²) in [5.41, 5.74) is 0. The lowest BCUT2D eigenvalue weighted by Gasteiger charge is -2.10. The summed E-state index contributed by atoms with van der Waals surface area (Å²) in [4.78, 5) is 11.6. The first-order valence-corrected chi connectivity index (χ1v) is 3.14. The van der Waals surface area contributed by atoms with Crippen LogP contribution < -0.4 is 0 Å². The molecule has 2 nitrogen and oxygen atoms in total. The highest BCUT2D eigenvalue weighted by Gasteiger charge is 1.92. The highest BCUT2D eigenvalue weighted by atomic mass is 35.5. The summed E-state index contributed by atoms with van der Waals surface area (Å²) in [7, 11) is 0. The van der Waals surface area contributed by atoms with Crippen LogP contribution in [0.4, 0.5) is 0 Å². The van der Waals surface area contributed by atoms with Gasteiger partial charge in [0.2, 0.25) is 6.41 Å². The largest absolute Gasteiger partial charge is 0.344 e. The van der Waals surface area contributed by atoms with Gasteiger partial charge in [0.05, 0.1) is 0 Å². The van der Waals surface area contributed by atoms with Crippen LogP contribution in [-0.2, 0) is 4.79 Å². The van der Waals surface area contributed by atoms with Gasteiger partial charge in [0, 0.05) is 19.0 Å². The zero-order valence-electron chi connectivity index (χ0n) is 4.93. The van der Waals surface area contributed by atoms with Crippen LogP contribution in [0.5, 0.6) is 0 Å². The van der Waals surface area contributed by atoms with Gasteiger partial charge in [-0.1, -0.05) is 0 Å². The summed E-state index contributed by atoms with van der Waals surface area (Å²) in [6.07, 6.45) is 0.808. The number of carbonyl (C=O) groups excluding carboxylic acids is 1. The fourth-order valence-electron chi connectivity index (χ4n) is 0.394. The quantitative estimate of drug-likeness (QED) is 0.411. The van der Waals surface area contributed by atoms with E-state index >= 15 is 0 Å². The molecule has 0 rings (SSSR count). The van der Waals surface area contributed by atoms with Crippen molar-refractivity contribution < 1.29 is 4.79 Å². The Morgan fingerprint density at radius 2 is 2.38 bits per heavy atom. The van der Waals surface area contributed by atoms with Gasteiger partial charge in [-0.3, -0.25) is 4.79 Å². The minimum absolute atomic E-state index is 0.520. The number of alkyl halides is 1. The van der Waals surface area contributed by atoms with Crippen LogP contribution in [0.2, 0.25) is 0 Å². The van der Waals surface area contributed by atoms with E-state index in [1.54, 1.807) is 4.90 Å². The Morgan fingerprint density at radius 1 is 1.75 bits per heavy atom. The predicted molar refractivity (Wildman–Crippen MR) is 34.0 cm³/mol. The molecule has 0 atom stereocenters. The van der Waals surface area contributed by atoms with Crippen molar-refractivity contribution in [3.63, 3.8) is 0 Å². The van der Waals surface area contributed by atoms with Gasteiger partial charge >= 0.3 is 0 Å². The summed E-state index contributed by atoms with van der Waals surface area (Å²) in [5, 5.41) is 0. The van der Waals surface area contributed by atoms with Crippen molar-refractivity contribution in [1.29, 1.82) is 0 Å². The summed E-state index contributed by atoms with van der Waals surface area (Å²) < 4.78 is 0. The smallest absolute Gasteiger partial charge is 0.209 e. The number of rotatable bonds is 4. The van der Waals surface area contributed by atoms with Gasteiger partial charge in [0.15, 0.2) is 0 Å². The number of hydrogen-bond donors (Lipinski definition) is 0. The molecular formula is C5H10ClNO. The second-order valence-electron chi connectivity index (χ2n) is 1.42. The number of halogens is 1. The molecule has 0 aliphatic heterocycles. The molecule has 8 heavy (non-hydrogen) atoms. The van der Waals surface area contributed by atoms with E-state index in [0.29, 0.717) is 12.4 Å². The molecule has 0 bridgehead atoms. The lowest BCUT2D eigenvalue weighted by molar-refractivity contribution is -0.117. The standard InChI is InChI=1S/C5H10ClNO/c1-2-7(5-8)4-3-6/h5H,2-4H2,1H3. The van der Waals surface area contributed by atoms with Crippen LogP contribution in [0.1, 0.15) is 6.92 Å². The molecule has 0 radical (unpaired) electrons. The van der Waals surface area contributed by atoms with Gasteiger partial charge < -0.3 is 4.90 Å². The van der Waals surface area contributed by atoms with Crippen molar-refractivity contribution >= 4 is 18.0 Å². The van der Waals surface area contributed by atoms with Gasteiger partial charge in [-0.2, -0.15) is 0 Å². The first-order valence-electron chi connectivity index (χ1n) is 2.60. The van der Waals surface area contributed by atoms with Crippen LogP contribution in [0.3, 0.4) is 0 Å². The fourth-order valence-corrected chi connectivity index (χ4v) is 0.611. The van der Waals surface area contributed by atoms with E-state index < -0.39 is 0 Å². The molecule has 0 saturated heterocycles. The maximum absolute atomic E-state index is 9.99. The van der Waals surface area contributed by atoms with Crippen molar-refractivity contribution in [2.75, 3.05) is 19.0 Å². The van der Waals surface area contributed by atoms with Gasteiger partial charge in [0.25, 0.3) is 0 Å². The number of hydrogen-bond acceptors (Lipinski definition) is 1. The van der Waals surface area contributed by atoms with Crippen LogP contribution in [-0.4, -0.2) is 30.3 Å². The van der Waals surface area contributed by atoms with Crippen molar-refractivity contribution in [1.82, 2.24) is 4.90 Å². The molecule has 0 aromatic carbocycles. The molecule has 0 aromatic rings. The van der Waals surface area contributed by atoms with Crippen molar-refractivity contribution in [3.05, 3.63) is 0 Å². The van der Waals surface area contributed by atoms with E-state index in [1.165, 1.54) is 0 Å². The second kappa shape index (κ2) is 4.91. The molecule has 0 aliphatic carbocycles. The molecule has 48 valence electrons. The van der Waals surface area contributed by atoms with E-state index in [4.69, 9.17) is 11.6 Å². The molecule has 0 N–H and O–H groups in total. The molecule has 0 aliphatic rings. The van der Waals surface area contributed by atoms with E-state index in [9.17, 15) is 4.79 Å². The van der Waals surface area contributed by atoms with E-state index in [2.05, 4.69) is 0 Å². The van der Waals surface area contributed by atoms with Crippen LogP contribution in [0.25, 0.3) is 0 Å². The first-order chi connectivity index (χ1) is 3.85. The molecular weight excluding hydrogens is 126 g/mol. The molecule has 0 aromatic heterocycles. The number of amides is 1. The fraction of sp³-hybridized carbons (Fsp3) is 0.800. The van der Waals surface area contributed by atoms with E-state index in [-0.39, 0.29) is 0 Å². The summed E-state index contributed by atoms with van der Waals surface area (Å²) in [6.45, 7) is 3.32. The van der Waals surface area contributed by atoms with Gasteiger partial charge in [0.1, 0.15) is 0 Å². The lowest BCUT2D eigenvalue weighted by atomic mass is 10.6. The first kappa shape index (κ1) is 7.76. The molecule has 0 unspecified atom stereocenters. The number of nitrogens with zero attached hydrogens (tertiary/aromatic N) is 1. The molecule has 1 amide bonds. The SMILES string of the molecule is CCN(C=O)CCCl. The molecule has 0 heterocycles. The maximum Gasteiger partial charge on any atom is 0.209 e. The Morgan fingerprint density at radius 3 is 2.50 bits per heavy atom. The van der Waals surface area contributed by atoms with Crippen LogP contribution in [0.15, 0.2) is 0 Å². The molecule has 0 fully saturated rings. The molecule has 3 heteroatoms. The summed E-state index contributed by atoms with van der Waals surface area (Å²) >= 11 is 5.35. The van der Waals surface area contributed by atoms with Crippen LogP contribution in [0, 0.1) is 0 Å². The zero-order chi connectivity index (χ0) is 6.41. The average Bonchev–Trinajstić information content (AvgIpc) is 1.83. The zero-order valence-corrected chi connectivity index (χ0v) is 5.69. The number of carbonyl (C=O) groups is 1. The third-order valence-electron chi connectivity index (χ3n) is 0.927. The Bertz CT molecular complexity index is 67.4. The van der Waals surface area contributed by atoms with Crippen LogP contribution >= 0.6 is 11.6 Å². The van der Waals surface area contributed by atoms with E-state index in [1.807, 2.05) is 6.92 Å². The minimum Gasteiger partial charge on any atom is -0.344 e. The second-order valence-corrected chi connectivity index (χ2v) is 1.80. The normalized spacial score (nSPS) is 8.75. The highest BCUT2D eigenvalue weighted by Crippen LogP contribution is 1.82. The molecule has 0 saturated carbocycles. The Labute approximate surface area is 54.4 Å². The Kier molecular flexibility index (Phi) is 4.76. The maximum atomic E-state index is 9.99. The Balaban J connectivity index is 3.21. The third kappa shape index (κ3) is 2.86. The monoisotopic (exact) mass is 135 g/mol. The summed E-state index contributed by atoms with van der Waals surface area (Å²) in [6, 6.07) is 0. The van der Waals surface area contributed by atoms with Gasteiger partial charge in [-0.15, -0.1) is 11.6 Å². The van der Waals surface area contributed by atoms with Crippen molar-refractivity contribution in [2.45, 2.75) is 6.92 Å². The molecule has 0 spiro atoms. The Hall–Kier alpha value is -0.240. The van der Waals surface area contributed by atoms with Crippen molar-refractivity contribution in [2.24, 2.45) is 0 Å².